The normalized spacial score (nSPS) is 11.0. The highest BCUT2D eigenvalue weighted by atomic mass is 16.5. The number of carboxylic acid groups (broad SMARTS) is 1. The molecule has 0 atom stereocenters. The highest BCUT2D eigenvalue weighted by Gasteiger charge is 2.15. The van der Waals surface area contributed by atoms with Gasteiger partial charge in [-0.15, -0.1) is 0 Å². The second kappa shape index (κ2) is 8.05. The van der Waals surface area contributed by atoms with Crippen LogP contribution in [0.5, 0.6) is 17.2 Å². The van der Waals surface area contributed by atoms with Gasteiger partial charge >= 0.3 is 11.6 Å². The molecule has 1 heterocycles. The Morgan fingerprint density at radius 1 is 1.38 bits per heavy atom. The van der Waals surface area contributed by atoms with E-state index in [2.05, 4.69) is 0 Å². The summed E-state index contributed by atoms with van der Waals surface area (Å²) in [5.41, 5.74) is -0.585. The van der Waals surface area contributed by atoms with E-state index in [1.807, 2.05) is 6.92 Å². The van der Waals surface area contributed by atoms with Crippen molar-refractivity contribution in [3.8, 4) is 17.2 Å². The Bertz CT molecular complexity index is 804. The van der Waals surface area contributed by atoms with Gasteiger partial charge in [-0.2, -0.15) is 0 Å². The summed E-state index contributed by atoms with van der Waals surface area (Å²) in [6, 6.07) is 4.57. The van der Waals surface area contributed by atoms with Gasteiger partial charge in [0.2, 0.25) is 0 Å². The number of carbonyl (C=O) groups is 1. The third-order valence-corrected chi connectivity index (χ3v) is 3.13. The predicted octanol–water partition coefficient (Wildman–Crippen LogP) is 3.04. The third-order valence-electron chi connectivity index (χ3n) is 3.13. The summed E-state index contributed by atoms with van der Waals surface area (Å²) in [5, 5.41) is 19.1. The lowest BCUT2D eigenvalue weighted by Crippen LogP contribution is -2.04. The average molecular weight is 334 g/mol. The van der Waals surface area contributed by atoms with Crippen molar-refractivity contribution in [3.05, 3.63) is 41.0 Å². The lowest BCUT2D eigenvalue weighted by molar-refractivity contribution is -0.137. The standard InChI is InChI=1S/C17H18O7/c1-2-3-8-23-16-15(20)12-10-11(22-9-4-5-14(18)19)6-7-13(12)24-17(16)21/h3,6-8,10,20H,2,4-5,9H2,1H3,(H,18,19)/b8-3+. The van der Waals surface area contributed by atoms with Crippen LogP contribution >= 0.6 is 0 Å². The highest BCUT2D eigenvalue weighted by Crippen LogP contribution is 2.33. The number of allylic oxidation sites excluding steroid dienone is 1. The summed E-state index contributed by atoms with van der Waals surface area (Å²) in [4.78, 5) is 22.3. The van der Waals surface area contributed by atoms with Crippen molar-refractivity contribution in [2.24, 2.45) is 0 Å². The van der Waals surface area contributed by atoms with Gasteiger partial charge in [0.05, 0.1) is 18.3 Å². The number of hydrogen-bond acceptors (Lipinski definition) is 6. The van der Waals surface area contributed by atoms with Crippen molar-refractivity contribution in [3.63, 3.8) is 0 Å². The van der Waals surface area contributed by atoms with Crippen LogP contribution in [0, 0.1) is 0 Å². The van der Waals surface area contributed by atoms with E-state index in [4.69, 9.17) is 19.0 Å². The molecule has 7 nitrogen and oxygen atoms in total. The van der Waals surface area contributed by atoms with E-state index in [1.54, 1.807) is 12.1 Å². The van der Waals surface area contributed by atoms with Crippen LogP contribution in [-0.4, -0.2) is 22.8 Å². The Labute approximate surface area is 137 Å². The van der Waals surface area contributed by atoms with Crippen LogP contribution in [0.25, 0.3) is 11.0 Å². The molecule has 0 saturated heterocycles. The van der Waals surface area contributed by atoms with Gasteiger partial charge in [-0.1, -0.05) is 6.92 Å². The molecule has 24 heavy (non-hydrogen) atoms. The first-order valence-electron chi connectivity index (χ1n) is 7.49. The maximum atomic E-state index is 11.8. The van der Waals surface area contributed by atoms with Crippen LogP contribution in [0.4, 0.5) is 0 Å². The van der Waals surface area contributed by atoms with Gasteiger partial charge in [-0.05, 0) is 37.1 Å². The van der Waals surface area contributed by atoms with Crippen molar-refractivity contribution < 1.29 is 28.9 Å². The molecule has 0 saturated carbocycles. The highest BCUT2D eigenvalue weighted by molar-refractivity contribution is 5.86. The van der Waals surface area contributed by atoms with Gasteiger partial charge in [0.1, 0.15) is 11.3 Å². The van der Waals surface area contributed by atoms with Crippen LogP contribution in [-0.2, 0) is 4.79 Å². The number of carboxylic acids is 1. The van der Waals surface area contributed by atoms with Crippen molar-refractivity contribution in [1.82, 2.24) is 0 Å². The molecular weight excluding hydrogens is 316 g/mol. The van der Waals surface area contributed by atoms with Gasteiger partial charge in [0.15, 0.2) is 5.75 Å². The van der Waals surface area contributed by atoms with Crippen LogP contribution in [0.1, 0.15) is 26.2 Å². The summed E-state index contributed by atoms with van der Waals surface area (Å²) in [7, 11) is 0. The number of fused-ring (bicyclic) bond motifs is 1. The second-order valence-corrected chi connectivity index (χ2v) is 4.97. The number of rotatable bonds is 8. The molecule has 0 amide bonds. The molecule has 0 aliphatic rings. The second-order valence-electron chi connectivity index (χ2n) is 4.97. The molecule has 0 unspecified atom stereocenters. The van der Waals surface area contributed by atoms with E-state index < -0.39 is 11.6 Å². The predicted molar refractivity (Wildman–Crippen MR) is 86.6 cm³/mol. The van der Waals surface area contributed by atoms with E-state index in [1.165, 1.54) is 18.4 Å². The van der Waals surface area contributed by atoms with E-state index in [9.17, 15) is 14.7 Å². The van der Waals surface area contributed by atoms with Gasteiger partial charge in [-0.25, -0.2) is 4.79 Å². The minimum Gasteiger partial charge on any atom is -0.504 e. The maximum Gasteiger partial charge on any atom is 0.383 e. The molecule has 2 N–H and O–H groups in total. The SMILES string of the molecule is CC/C=C/Oc1c(O)c2cc(OCCCC(=O)O)ccc2oc1=O. The summed E-state index contributed by atoms with van der Waals surface area (Å²) in [6.45, 7) is 2.12. The van der Waals surface area contributed by atoms with E-state index in [-0.39, 0.29) is 35.5 Å². The molecule has 0 radical (unpaired) electrons. The summed E-state index contributed by atoms with van der Waals surface area (Å²) < 4.78 is 15.7. The lowest BCUT2D eigenvalue weighted by atomic mass is 10.2. The average Bonchev–Trinajstić information content (AvgIpc) is 2.55. The molecule has 7 heteroatoms. The molecule has 2 aromatic rings. The first-order valence-corrected chi connectivity index (χ1v) is 7.49. The number of aliphatic carboxylic acids is 1. The number of ether oxygens (including phenoxy) is 2. The molecule has 0 spiro atoms. The third kappa shape index (κ3) is 4.28. The quantitative estimate of drug-likeness (QED) is 0.434. The van der Waals surface area contributed by atoms with Crippen LogP contribution in [0.15, 0.2) is 39.7 Å². The van der Waals surface area contributed by atoms with Gasteiger partial charge in [0.25, 0.3) is 5.75 Å². The monoisotopic (exact) mass is 334 g/mol. The van der Waals surface area contributed by atoms with E-state index in [0.29, 0.717) is 18.6 Å². The molecule has 0 bridgehead atoms. The van der Waals surface area contributed by atoms with Crippen molar-refractivity contribution in [1.29, 1.82) is 0 Å². The fraction of sp³-hybridized carbons (Fsp3) is 0.294. The summed E-state index contributed by atoms with van der Waals surface area (Å²) in [6.07, 6.45) is 4.08. The lowest BCUT2D eigenvalue weighted by Gasteiger charge is -2.08. The fourth-order valence-electron chi connectivity index (χ4n) is 1.97. The summed E-state index contributed by atoms with van der Waals surface area (Å²) >= 11 is 0. The maximum absolute atomic E-state index is 11.8. The zero-order valence-corrected chi connectivity index (χ0v) is 13.2. The Balaban J connectivity index is 2.24. The fourth-order valence-corrected chi connectivity index (χ4v) is 1.97. The first kappa shape index (κ1) is 17.4. The van der Waals surface area contributed by atoms with Crippen LogP contribution in [0.2, 0.25) is 0 Å². The zero-order chi connectivity index (χ0) is 17.5. The molecular formula is C17H18O7. The number of hydrogen-bond donors (Lipinski definition) is 2. The Morgan fingerprint density at radius 3 is 2.88 bits per heavy atom. The Morgan fingerprint density at radius 2 is 2.17 bits per heavy atom. The Kier molecular flexibility index (Phi) is 5.83. The van der Waals surface area contributed by atoms with Crippen LogP contribution in [0.3, 0.4) is 0 Å². The molecule has 0 fully saturated rings. The molecule has 128 valence electrons. The largest absolute Gasteiger partial charge is 0.504 e. The first-order chi connectivity index (χ1) is 11.5. The Hall–Kier alpha value is -2.96. The summed E-state index contributed by atoms with van der Waals surface area (Å²) in [5.74, 6) is -1.10. The van der Waals surface area contributed by atoms with Gasteiger partial charge < -0.3 is 24.1 Å². The minimum atomic E-state index is -0.890. The number of aromatic hydroxyl groups is 1. The van der Waals surface area contributed by atoms with Crippen molar-refractivity contribution >= 4 is 16.9 Å². The molecule has 2 rings (SSSR count). The van der Waals surface area contributed by atoms with E-state index in [0.717, 1.165) is 0 Å². The van der Waals surface area contributed by atoms with Gasteiger partial charge in [-0.3, -0.25) is 4.79 Å². The smallest absolute Gasteiger partial charge is 0.383 e. The number of benzene rings is 1. The van der Waals surface area contributed by atoms with Crippen molar-refractivity contribution in [2.75, 3.05) is 6.61 Å². The van der Waals surface area contributed by atoms with E-state index >= 15 is 0 Å². The molecule has 0 aliphatic heterocycles. The van der Waals surface area contributed by atoms with Crippen LogP contribution < -0.4 is 15.1 Å². The minimum absolute atomic E-state index is 0.00938. The molecule has 1 aromatic carbocycles. The molecule has 0 aliphatic carbocycles. The van der Waals surface area contributed by atoms with Crippen molar-refractivity contribution in [2.45, 2.75) is 26.2 Å². The molecule has 1 aromatic heterocycles. The van der Waals surface area contributed by atoms with Gasteiger partial charge in [0, 0.05) is 6.42 Å². The zero-order valence-electron chi connectivity index (χ0n) is 13.2. The topological polar surface area (TPSA) is 106 Å².